The minimum atomic E-state index is 0.00534. The molecule has 0 heterocycles. The second kappa shape index (κ2) is 7.32. The summed E-state index contributed by atoms with van der Waals surface area (Å²) in [5, 5.41) is 3.09. The number of carbonyl (C=O) groups excluding carboxylic acids is 1. The first-order chi connectivity index (χ1) is 10.9. The normalized spacial score (nSPS) is 10.7. The van der Waals surface area contributed by atoms with E-state index < -0.39 is 0 Å². The fraction of sp³-hybridized carbons (Fsp3) is 0.350. The molecule has 23 heavy (non-hydrogen) atoms. The Labute approximate surface area is 138 Å². The van der Waals surface area contributed by atoms with Gasteiger partial charge in [0.1, 0.15) is 5.75 Å². The van der Waals surface area contributed by atoms with Crippen molar-refractivity contribution in [1.29, 1.82) is 0 Å². The lowest BCUT2D eigenvalue weighted by atomic mass is 9.98. The van der Waals surface area contributed by atoms with Gasteiger partial charge in [0, 0.05) is 5.69 Å². The molecule has 2 aromatic rings. The summed E-state index contributed by atoms with van der Waals surface area (Å²) in [6.07, 6.45) is 0.358. The smallest absolute Gasteiger partial charge is 0.228 e. The predicted octanol–water partition coefficient (Wildman–Crippen LogP) is 4.62. The maximum absolute atomic E-state index is 12.4. The summed E-state index contributed by atoms with van der Waals surface area (Å²) in [7, 11) is 1.65. The van der Waals surface area contributed by atoms with Gasteiger partial charge in [-0.3, -0.25) is 4.79 Å². The van der Waals surface area contributed by atoms with Gasteiger partial charge in [-0.05, 0) is 48.1 Å². The number of hydrogen-bond donors (Lipinski definition) is 1. The Morgan fingerprint density at radius 1 is 1.13 bits per heavy atom. The van der Waals surface area contributed by atoms with Gasteiger partial charge in [0.25, 0.3) is 0 Å². The minimum Gasteiger partial charge on any atom is -0.496 e. The molecule has 1 N–H and O–H groups in total. The largest absolute Gasteiger partial charge is 0.496 e. The number of aryl methyl sites for hydroxylation is 2. The third kappa shape index (κ3) is 4.13. The van der Waals surface area contributed by atoms with E-state index in [0.717, 1.165) is 28.1 Å². The van der Waals surface area contributed by atoms with Crippen LogP contribution in [-0.4, -0.2) is 13.0 Å². The van der Waals surface area contributed by atoms with Crippen LogP contribution in [0.3, 0.4) is 0 Å². The fourth-order valence-corrected chi connectivity index (χ4v) is 2.76. The van der Waals surface area contributed by atoms with Crippen LogP contribution in [-0.2, 0) is 11.2 Å². The average molecular weight is 311 g/mol. The molecule has 0 aromatic heterocycles. The standard InChI is InChI=1S/C20H25NO2/c1-13(2)17-8-6-7-14(3)20(17)21-19(22)12-16-9-10-18(23-5)15(4)11-16/h6-11,13H,12H2,1-5H3,(H,21,22). The molecule has 0 bridgehead atoms. The summed E-state index contributed by atoms with van der Waals surface area (Å²) in [6, 6.07) is 12.0. The van der Waals surface area contributed by atoms with Crippen molar-refractivity contribution in [3.05, 3.63) is 58.7 Å². The molecule has 2 aromatic carbocycles. The van der Waals surface area contributed by atoms with E-state index in [1.54, 1.807) is 7.11 Å². The first-order valence-corrected chi connectivity index (χ1v) is 7.95. The van der Waals surface area contributed by atoms with Gasteiger partial charge in [-0.25, -0.2) is 0 Å². The molecule has 0 spiro atoms. The number of ether oxygens (including phenoxy) is 1. The van der Waals surface area contributed by atoms with Gasteiger partial charge < -0.3 is 10.1 Å². The molecule has 122 valence electrons. The van der Waals surface area contributed by atoms with Crippen LogP contribution in [0.5, 0.6) is 5.75 Å². The van der Waals surface area contributed by atoms with Crippen LogP contribution in [0, 0.1) is 13.8 Å². The maximum Gasteiger partial charge on any atom is 0.228 e. The second-order valence-electron chi connectivity index (χ2n) is 6.22. The van der Waals surface area contributed by atoms with E-state index in [4.69, 9.17) is 4.74 Å². The van der Waals surface area contributed by atoms with Gasteiger partial charge in [0.15, 0.2) is 0 Å². The summed E-state index contributed by atoms with van der Waals surface area (Å²) >= 11 is 0. The summed E-state index contributed by atoms with van der Waals surface area (Å²) in [6.45, 7) is 8.28. The zero-order chi connectivity index (χ0) is 17.0. The molecule has 0 saturated carbocycles. The van der Waals surface area contributed by atoms with E-state index in [0.29, 0.717) is 12.3 Å². The van der Waals surface area contributed by atoms with Crippen LogP contribution in [0.1, 0.15) is 42.0 Å². The molecule has 0 fully saturated rings. The highest BCUT2D eigenvalue weighted by Crippen LogP contribution is 2.27. The van der Waals surface area contributed by atoms with Crippen molar-refractivity contribution in [2.75, 3.05) is 12.4 Å². The monoisotopic (exact) mass is 311 g/mol. The highest BCUT2D eigenvalue weighted by atomic mass is 16.5. The molecule has 0 radical (unpaired) electrons. The number of benzene rings is 2. The third-order valence-electron chi connectivity index (χ3n) is 4.02. The molecule has 0 aliphatic carbocycles. The zero-order valence-electron chi connectivity index (χ0n) is 14.6. The summed E-state index contributed by atoms with van der Waals surface area (Å²) in [5.41, 5.74) is 5.23. The van der Waals surface area contributed by atoms with Crippen LogP contribution in [0.4, 0.5) is 5.69 Å². The third-order valence-corrected chi connectivity index (χ3v) is 4.02. The Morgan fingerprint density at radius 3 is 2.48 bits per heavy atom. The Kier molecular flexibility index (Phi) is 5.43. The van der Waals surface area contributed by atoms with Crippen LogP contribution >= 0.6 is 0 Å². The molecule has 0 aliphatic heterocycles. The first kappa shape index (κ1) is 17.1. The van der Waals surface area contributed by atoms with E-state index in [2.05, 4.69) is 25.2 Å². The lowest BCUT2D eigenvalue weighted by Gasteiger charge is -2.16. The Hall–Kier alpha value is -2.29. The van der Waals surface area contributed by atoms with E-state index >= 15 is 0 Å². The Morgan fingerprint density at radius 2 is 1.87 bits per heavy atom. The van der Waals surface area contributed by atoms with Crippen molar-refractivity contribution in [3.8, 4) is 5.75 Å². The molecule has 0 aliphatic rings. The lowest BCUT2D eigenvalue weighted by Crippen LogP contribution is -2.17. The number of carbonyl (C=O) groups is 1. The Bertz CT molecular complexity index is 705. The number of methoxy groups -OCH3 is 1. The number of hydrogen-bond acceptors (Lipinski definition) is 2. The van der Waals surface area contributed by atoms with E-state index in [-0.39, 0.29) is 5.91 Å². The van der Waals surface area contributed by atoms with Crippen LogP contribution in [0.15, 0.2) is 36.4 Å². The van der Waals surface area contributed by atoms with E-state index in [1.165, 1.54) is 5.56 Å². The number of anilines is 1. The number of para-hydroxylation sites is 1. The van der Waals surface area contributed by atoms with Gasteiger partial charge in [-0.1, -0.05) is 44.2 Å². The zero-order valence-corrected chi connectivity index (χ0v) is 14.6. The SMILES string of the molecule is COc1ccc(CC(=O)Nc2c(C)cccc2C(C)C)cc1C. The predicted molar refractivity (Wildman–Crippen MR) is 95.3 cm³/mol. The molecule has 2 rings (SSSR count). The molecule has 3 nitrogen and oxygen atoms in total. The van der Waals surface area contributed by atoms with Crippen molar-refractivity contribution in [2.45, 2.75) is 40.0 Å². The van der Waals surface area contributed by atoms with Crippen LogP contribution in [0.2, 0.25) is 0 Å². The number of amides is 1. The second-order valence-corrected chi connectivity index (χ2v) is 6.22. The van der Waals surface area contributed by atoms with Gasteiger partial charge in [-0.15, -0.1) is 0 Å². The van der Waals surface area contributed by atoms with Crippen LogP contribution < -0.4 is 10.1 Å². The summed E-state index contributed by atoms with van der Waals surface area (Å²) in [4.78, 5) is 12.4. The van der Waals surface area contributed by atoms with Crippen molar-refractivity contribution in [1.82, 2.24) is 0 Å². The Balaban J connectivity index is 2.16. The fourth-order valence-electron chi connectivity index (χ4n) is 2.76. The first-order valence-electron chi connectivity index (χ1n) is 7.95. The van der Waals surface area contributed by atoms with Gasteiger partial charge in [0.05, 0.1) is 13.5 Å². The van der Waals surface area contributed by atoms with Gasteiger partial charge in [0.2, 0.25) is 5.91 Å². The minimum absolute atomic E-state index is 0.00534. The van der Waals surface area contributed by atoms with E-state index in [9.17, 15) is 4.79 Å². The molecular weight excluding hydrogens is 286 g/mol. The molecule has 1 amide bonds. The molecule has 0 atom stereocenters. The maximum atomic E-state index is 12.4. The lowest BCUT2D eigenvalue weighted by molar-refractivity contribution is -0.115. The topological polar surface area (TPSA) is 38.3 Å². The summed E-state index contributed by atoms with van der Waals surface area (Å²) in [5.74, 6) is 1.22. The molecule has 0 unspecified atom stereocenters. The van der Waals surface area contributed by atoms with Gasteiger partial charge >= 0.3 is 0 Å². The highest BCUT2D eigenvalue weighted by molar-refractivity contribution is 5.94. The average Bonchev–Trinajstić information content (AvgIpc) is 2.49. The summed E-state index contributed by atoms with van der Waals surface area (Å²) < 4.78 is 5.26. The van der Waals surface area contributed by atoms with Gasteiger partial charge in [-0.2, -0.15) is 0 Å². The van der Waals surface area contributed by atoms with Crippen LogP contribution in [0.25, 0.3) is 0 Å². The quantitative estimate of drug-likeness (QED) is 0.875. The number of rotatable bonds is 5. The highest BCUT2D eigenvalue weighted by Gasteiger charge is 2.12. The molecular formula is C20H25NO2. The molecule has 0 saturated heterocycles. The number of nitrogens with one attached hydrogen (secondary N) is 1. The van der Waals surface area contributed by atoms with Crippen molar-refractivity contribution < 1.29 is 9.53 Å². The van der Waals surface area contributed by atoms with Crippen molar-refractivity contribution in [2.24, 2.45) is 0 Å². The molecule has 3 heteroatoms. The van der Waals surface area contributed by atoms with Crippen molar-refractivity contribution in [3.63, 3.8) is 0 Å². The van der Waals surface area contributed by atoms with Crippen molar-refractivity contribution >= 4 is 11.6 Å². The van der Waals surface area contributed by atoms with E-state index in [1.807, 2.05) is 44.2 Å².